The van der Waals surface area contributed by atoms with Gasteiger partial charge in [0.15, 0.2) is 0 Å². The SMILES string of the molecule is CC(=O)N1C[C@H](NC(=O)C2CC2)[C@@H]2OCCC[C@@H]21. The number of carbonyl (C=O) groups excluding carboxylic acids is 2. The molecule has 0 radical (unpaired) electrons. The van der Waals surface area contributed by atoms with E-state index in [-0.39, 0.29) is 35.9 Å². The predicted molar refractivity (Wildman–Crippen MR) is 64.8 cm³/mol. The smallest absolute Gasteiger partial charge is 0.223 e. The second kappa shape index (κ2) is 4.53. The average Bonchev–Trinajstić information content (AvgIpc) is 3.13. The molecule has 2 saturated heterocycles. The van der Waals surface area contributed by atoms with Gasteiger partial charge in [0.2, 0.25) is 11.8 Å². The maximum absolute atomic E-state index is 11.8. The van der Waals surface area contributed by atoms with Crippen LogP contribution < -0.4 is 5.32 Å². The molecule has 18 heavy (non-hydrogen) atoms. The van der Waals surface area contributed by atoms with Gasteiger partial charge in [0.05, 0.1) is 18.2 Å². The Morgan fingerprint density at radius 2 is 2.06 bits per heavy atom. The van der Waals surface area contributed by atoms with Gasteiger partial charge in [-0.05, 0) is 25.7 Å². The molecule has 0 unspecified atom stereocenters. The van der Waals surface area contributed by atoms with Crippen molar-refractivity contribution in [2.24, 2.45) is 5.92 Å². The van der Waals surface area contributed by atoms with E-state index in [4.69, 9.17) is 4.74 Å². The van der Waals surface area contributed by atoms with Gasteiger partial charge in [-0.2, -0.15) is 0 Å². The van der Waals surface area contributed by atoms with E-state index < -0.39 is 0 Å². The number of carbonyl (C=O) groups is 2. The predicted octanol–water partition coefficient (Wildman–Crippen LogP) is 0.291. The Labute approximate surface area is 107 Å². The van der Waals surface area contributed by atoms with Gasteiger partial charge < -0.3 is 15.0 Å². The molecule has 5 nitrogen and oxygen atoms in total. The largest absolute Gasteiger partial charge is 0.374 e. The molecule has 2 amide bonds. The highest BCUT2D eigenvalue weighted by molar-refractivity contribution is 5.81. The monoisotopic (exact) mass is 252 g/mol. The summed E-state index contributed by atoms with van der Waals surface area (Å²) in [5.41, 5.74) is 0. The van der Waals surface area contributed by atoms with Crippen LogP contribution in [0.2, 0.25) is 0 Å². The highest BCUT2D eigenvalue weighted by Gasteiger charge is 2.46. The third kappa shape index (κ3) is 2.11. The summed E-state index contributed by atoms with van der Waals surface area (Å²) in [4.78, 5) is 25.3. The van der Waals surface area contributed by atoms with Gasteiger partial charge in [-0.1, -0.05) is 0 Å². The Morgan fingerprint density at radius 3 is 2.72 bits per heavy atom. The quantitative estimate of drug-likeness (QED) is 0.768. The minimum absolute atomic E-state index is 0.00894. The molecule has 100 valence electrons. The standard InChI is InChI=1S/C13H20N2O3/c1-8(16)15-7-10(14-13(17)9-4-5-9)12-11(15)3-2-6-18-12/h9-12H,2-7H2,1H3,(H,14,17)/t10-,11-,12-/m0/s1. The molecule has 3 aliphatic rings. The lowest BCUT2D eigenvalue weighted by Gasteiger charge is -2.31. The van der Waals surface area contributed by atoms with Crippen LogP contribution in [-0.4, -0.2) is 48.1 Å². The van der Waals surface area contributed by atoms with Crippen molar-refractivity contribution in [1.82, 2.24) is 10.2 Å². The van der Waals surface area contributed by atoms with Crippen LogP contribution >= 0.6 is 0 Å². The van der Waals surface area contributed by atoms with E-state index in [1.807, 2.05) is 4.90 Å². The molecular weight excluding hydrogens is 232 g/mol. The number of hydrogen-bond acceptors (Lipinski definition) is 3. The van der Waals surface area contributed by atoms with Crippen LogP contribution in [0, 0.1) is 5.92 Å². The third-order valence-electron chi connectivity index (χ3n) is 4.20. The molecule has 3 atom stereocenters. The Bertz CT molecular complexity index is 367. The zero-order chi connectivity index (χ0) is 12.7. The molecule has 1 aliphatic carbocycles. The maximum Gasteiger partial charge on any atom is 0.223 e. The lowest BCUT2D eigenvalue weighted by atomic mass is 10.0. The molecule has 0 aromatic carbocycles. The van der Waals surface area contributed by atoms with E-state index in [0.717, 1.165) is 32.3 Å². The number of nitrogens with one attached hydrogen (secondary N) is 1. The van der Waals surface area contributed by atoms with Crippen molar-refractivity contribution < 1.29 is 14.3 Å². The number of fused-ring (bicyclic) bond motifs is 1. The van der Waals surface area contributed by atoms with Crippen LogP contribution in [0.25, 0.3) is 0 Å². The van der Waals surface area contributed by atoms with Crippen LogP contribution in [-0.2, 0) is 14.3 Å². The first-order valence-electron chi connectivity index (χ1n) is 6.86. The Balaban J connectivity index is 1.69. The van der Waals surface area contributed by atoms with Gasteiger partial charge in [-0.15, -0.1) is 0 Å². The van der Waals surface area contributed by atoms with Gasteiger partial charge >= 0.3 is 0 Å². The topological polar surface area (TPSA) is 58.6 Å². The van der Waals surface area contributed by atoms with Crippen molar-refractivity contribution in [3.8, 4) is 0 Å². The van der Waals surface area contributed by atoms with Gasteiger partial charge in [0.1, 0.15) is 0 Å². The van der Waals surface area contributed by atoms with E-state index in [1.165, 1.54) is 0 Å². The van der Waals surface area contributed by atoms with Gasteiger partial charge in [-0.3, -0.25) is 9.59 Å². The van der Waals surface area contributed by atoms with Gasteiger partial charge in [0, 0.05) is 26.0 Å². The molecule has 0 aromatic rings. The van der Waals surface area contributed by atoms with E-state index >= 15 is 0 Å². The molecule has 3 fully saturated rings. The minimum Gasteiger partial charge on any atom is -0.374 e. The van der Waals surface area contributed by atoms with E-state index in [2.05, 4.69) is 5.32 Å². The van der Waals surface area contributed by atoms with E-state index in [0.29, 0.717) is 6.54 Å². The first-order valence-corrected chi connectivity index (χ1v) is 6.86. The van der Waals surface area contributed by atoms with Crippen molar-refractivity contribution in [1.29, 1.82) is 0 Å². The highest BCUT2D eigenvalue weighted by Crippen LogP contribution is 2.32. The van der Waals surface area contributed by atoms with Gasteiger partial charge in [0.25, 0.3) is 0 Å². The van der Waals surface area contributed by atoms with E-state index in [9.17, 15) is 9.59 Å². The second-order valence-electron chi connectivity index (χ2n) is 5.61. The summed E-state index contributed by atoms with van der Waals surface area (Å²) in [6.45, 7) is 2.93. The Hall–Kier alpha value is -1.10. The maximum atomic E-state index is 11.8. The lowest BCUT2D eigenvalue weighted by Crippen LogP contribution is -2.48. The lowest BCUT2D eigenvalue weighted by molar-refractivity contribution is -0.132. The fourth-order valence-electron chi connectivity index (χ4n) is 3.09. The first-order chi connectivity index (χ1) is 8.66. The molecule has 0 aromatic heterocycles. The van der Waals surface area contributed by atoms with E-state index in [1.54, 1.807) is 6.92 Å². The third-order valence-corrected chi connectivity index (χ3v) is 4.20. The van der Waals surface area contributed by atoms with Crippen molar-refractivity contribution in [2.45, 2.75) is 50.8 Å². The molecule has 1 N–H and O–H groups in total. The zero-order valence-electron chi connectivity index (χ0n) is 10.7. The zero-order valence-corrected chi connectivity index (χ0v) is 10.7. The molecule has 3 rings (SSSR count). The molecule has 0 bridgehead atoms. The van der Waals surface area contributed by atoms with Crippen LogP contribution in [0.3, 0.4) is 0 Å². The van der Waals surface area contributed by atoms with Crippen molar-refractivity contribution >= 4 is 11.8 Å². The number of hydrogen-bond donors (Lipinski definition) is 1. The number of amides is 2. The number of ether oxygens (including phenoxy) is 1. The van der Waals surface area contributed by atoms with Gasteiger partial charge in [-0.25, -0.2) is 0 Å². The van der Waals surface area contributed by atoms with Crippen LogP contribution in [0.5, 0.6) is 0 Å². The average molecular weight is 252 g/mol. The van der Waals surface area contributed by atoms with Crippen LogP contribution in [0.1, 0.15) is 32.6 Å². The summed E-state index contributed by atoms with van der Waals surface area (Å²) in [6, 6.07) is 0.132. The first kappa shape index (κ1) is 12.0. The second-order valence-corrected chi connectivity index (χ2v) is 5.61. The number of rotatable bonds is 2. The van der Waals surface area contributed by atoms with Crippen LogP contribution in [0.4, 0.5) is 0 Å². The van der Waals surface area contributed by atoms with Crippen molar-refractivity contribution in [2.75, 3.05) is 13.2 Å². The summed E-state index contributed by atoms with van der Waals surface area (Å²) < 4.78 is 5.79. The fourth-order valence-corrected chi connectivity index (χ4v) is 3.09. The molecular formula is C13H20N2O3. The summed E-state index contributed by atoms with van der Waals surface area (Å²) >= 11 is 0. The highest BCUT2D eigenvalue weighted by atomic mass is 16.5. The molecule has 0 spiro atoms. The summed E-state index contributed by atoms with van der Waals surface area (Å²) in [6.07, 6.45) is 3.98. The molecule has 1 saturated carbocycles. The summed E-state index contributed by atoms with van der Waals surface area (Å²) in [5, 5.41) is 3.07. The fraction of sp³-hybridized carbons (Fsp3) is 0.846. The number of nitrogens with zero attached hydrogens (tertiary/aromatic N) is 1. The summed E-state index contributed by atoms with van der Waals surface area (Å²) in [7, 11) is 0. The molecule has 2 aliphatic heterocycles. The summed E-state index contributed by atoms with van der Waals surface area (Å²) in [5.74, 6) is 0.426. The minimum atomic E-state index is -0.0210. The normalized spacial score (nSPS) is 35.2. The van der Waals surface area contributed by atoms with Crippen LogP contribution in [0.15, 0.2) is 0 Å². The molecule has 2 heterocycles. The number of likely N-dealkylation sites (tertiary alicyclic amines) is 1. The van der Waals surface area contributed by atoms with Crippen molar-refractivity contribution in [3.05, 3.63) is 0 Å². The Kier molecular flexibility index (Phi) is 3.01. The Morgan fingerprint density at radius 1 is 1.28 bits per heavy atom. The van der Waals surface area contributed by atoms with Crippen molar-refractivity contribution in [3.63, 3.8) is 0 Å². The molecule has 5 heteroatoms.